The number of benzene rings is 2. The average molecular weight is 223 g/mol. The van der Waals surface area contributed by atoms with Crippen LogP contribution in [0.5, 0.6) is 5.75 Å². The van der Waals surface area contributed by atoms with Crippen molar-refractivity contribution in [2.45, 2.75) is 0 Å². The van der Waals surface area contributed by atoms with Crippen LogP contribution < -0.4 is 4.72 Å². The first-order chi connectivity index (χ1) is 7.18. The number of hydrogen-bond acceptors (Lipinski definition) is 2. The molecule has 0 amide bonds. The molecule has 0 bridgehead atoms. The summed E-state index contributed by atoms with van der Waals surface area (Å²) in [6, 6.07) is 10.2. The van der Waals surface area contributed by atoms with Crippen molar-refractivity contribution in [3.63, 3.8) is 0 Å². The Morgan fingerprint density at radius 3 is 2.47 bits per heavy atom. The third kappa shape index (κ3) is 1.93. The van der Waals surface area contributed by atoms with Crippen LogP contribution >= 0.6 is 0 Å². The highest BCUT2D eigenvalue weighted by atomic mass is 32.2. The number of hydrogen-bond donors (Lipinski definition) is 3. The van der Waals surface area contributed by atoms with Gasteiger partial charge in [0.05, 0.1) is 5.69 Å². The quantitative estimate of drug-likeness (QED) is 0.683. The lowest BCUT2D eigenvalue weighted by Crippen LogP contribution is -2.01. The van der Waals surface area contributed by atoms with Crippen LogP contribution in [-0.2, 0) is 11.3 Å². The Kier molecular flexibility index (Phi) is 2.57. The predicted molar refractivity (Wildman–Crippen MR) is 60.0 cm³/mol. The normalized spacial score (nSPS) is 12.6. The van der Waals surface area contributed by atoms with Gasteiger partial charge >= 0.3 is 0 Å². The zero-order valence-electron chi connectivity index (χ0n) is 7.68. The molecule has 0 aliphatic heterocycles. The molecule has 0 radical (unpaired) electrons. The second kappa shape index (κ2) is 3.88. The largest absolute Gasteiger partial charge is 0.507 e. The summed E-state index contributed by atoms with van der Waals surface area (Å²) in [4.78, 5) is 0. The first-order valence-corrected chi connectivity index (χ1v) is 5.37. The summed E-state index contributed by atoms with van der Waals surface area (Å²) in [5.41, 5.74) is 0.518. The molecule has 2 aromatic carbocycles. The van der Waals surface area contributed by atoms with Crippen LogP contribution in [0, 0.1) is 0 Å². The molecule has 0 aliphatic carbocycles. The molecule has 0 saturated heterocycles. The molecule has 0 fully saturated rings. The molecule has 1 unspecified atom stereocenters. The van der Waals surface area contributed by atoms with Crippen LogP contribution in [-0.4, -0.2) is 13.9 Å². The van der Waals surface area contributed by atoms with Gasteiger partial charge in [-0.3, -0.25) is 9.27 Å². The third-order valence-electron chi connectivity index (χ3n) is 2.10. The van der Waals surface area contributed by atoms with E-state index in [-0.39, 0.29) is 5.75 Å². The Balaban J connectivity index is 2.65. The Labute approximate surface area is 89.0 Å². The van der Waals surface area contributed by atoms with Gasteiger partial charge in [0, 0.05) is 10.8 Å². The predicted octanol–water partition coefficient (Wildman–Crippen LogP) is 2.09. The van der Waals surface area contributed by atoms with Crippen molar-refractivity contribution in [2.75, 3.05) is 4.72 Å². The number of phenolic OH excluding ortho intramolecular Hbond substituents is 1. The van der Waals surface area contributed by atoms with Crippen molar-refractivity contribution < 1.29 is 13.9 Å². The van der Waals surface area contributed by atoms with Gasteiger partial charge in [-0.25, -0.2) is 4.21 Å². The molecule has 2 rings (SSSR count). The van der Waals surface area contributed by atoms with Gasteiger partial charge in [-0.2, -0.15) is 0 Å². The molecule has 2 aromatic rings. The van der Waals surface area contributed by atoms with Gasteiger partial charge in [0.15, 0.2) is 0 Å². The van der Waals surface area contributed by atoms with E-state index in [0.29, 0.717) is 16.5 Å². The van der Waals surface area contributed by atoms with Crippen molar-refractivity contribution in [1.29, 1.82) is 0 Å². The van der Waals surface area contributed by atoms with Gasteiger partial charge < -0.3 is 5.11 Å². The minimum atomic E-state index is -2.11. The summed E-state index contributed by atoms with van der Waals surface area (Å²) in [6.45, 7) is 0. The second-order valence-electron chi connectivity index (χ2n) is 3.03. The fourth-order valence-electron chi connectivity index (χ4n) is 1.48. The number of anilines is 1. The van der Waals surface area contributed by atoms with Crippen LogP contribution in [0.4, 0.5) is 5.69 Å². The maximum absolute atomic E-state index is 10.6. The molecular weight excluding hydrogens is 214 g/mol. The van der Waals surface area contributed by atoms with Gasteiger partial charge in [0.2, 0.25) is 0 Å². The zero-order chi connectivity index (χ0) is 10.8. The van der Waals surface area contributed by atoms with Crippen LogP contribution in [0.3, 0.4) is 0 Å². The van der Waals surface area contributed by atoms with E-state index in [2.05, 4.69) is 4.72 Å². The summed E-state index contributed by atoms with van der Waals surface area (Å²) < 4.78 is 21.8. The first-order valence-electron chi connectivity index (χ1n) is 4.27. The minimum Gasteiger partial charge on any atom is -0.507 e. The molecule has 0 saturated carbocycles. The number of phenols is 1. The number of nitrogens with one attached hydrogen (secondary N) is 1. The zero-order valence-corrected chi connectivity index (χ0v) is 8.49. The van der Waals surface area contributed by atoms with Crippen molar-refractivity contribution in [3.05, 3.63) is 36.4 Å². The Bertz CT molecular complexity index is 527. The van der Waals surface area contributed by atoms with Crippen LogP contribution in [0.15, 0.2) is 36.4 Å². The molecule has 0 aliphatic rings. The average Bonchev–Trinajstić information content (AvgIpc) is 2.19. The van der Waals surface area contributed by atoms with Crippen molar-refractivity contribution >= 4 is 27.7 Å². The van der Waals surface area contributed by atoms with Gasteiger partial charge in [-0.1, -0.05) is 24.3 Å². The lowest BCUT2D eigenvalue weighted by atomic mass is 10.1. The maximum Gasteiger partial charge on any atom is 0.259 e. The lowest BCUT2D eigenvalue weighted by Gasteiger charge is -2.06. The SMILES string of the molecule is O=S(O)Nc1cccc2c(O)cccc12. The third-order valence-corrected chi connectivity index (χ3v) is 2.49. The molecule has 0 heterocycles. The minimum absolute atomic E-state index is 0.153. The fourth-order valence-corrected chi connectivity index (χ4v) is 1.84. The van der Waals surface area contributed by atoms with E-state index in [9.17, 15) is 9.32 Å². The van der Waals surface area contributed by atoms with Gasteiger partial charge in [-0.15, -0.1) is 0 Å². The standard InChI is InChI=1S/C10H9NO3S/c12-10-6-2-3-7-8(10)4-1-5-9(7)11-15(13)14/h1-6,11-12H,(H,13,14). The van der Waals surface area contributed by atoms with Crippen LogP contribution in [0.25, 0.3) is 10.8 Å². The fraction of sp³-hybridized carbons (Fsp3) is 0. The molecule has 3 N–H and O–H groups in total. The van der Waals surface area contributed by atoms with E-state index >= 15 is 0 Å². The summed E-state index contributed by atoms with van der Waals surface area (Å²) in [6.07, 6.45) is 0. The molecule has 0 spiro atoms. The summed E-state index contributed by atoms with van der Waals surface area (Å²) in [5.74, 6) is 0.153. The molecule has 5 heteroatoms. The van der Waals surface area contributed by atoms with E-state index in [4.69, 9.17) is 4.55 Å². The smallest absolute Gasteiger partial charge is 0.259 e. The molecule has 15 heavy (non-hydrogen) atoms. The molecule has 4 nitrogen and oxygen atoms in total. The highest BCUT2D eigenvalue weighted by molar-refractivity contribution is 7.80. The van der Waals surface area contributed by atoms with E-state index in [1.165, 1.54) is 0 Å². The topological polar surface area (TPSA) is 69.6 Å². The van der Waals surface area contributed by atoms with Gasteiger partial charge in [-0.05, 0) is 12.1 Å². The van der Waals surface area contributed by atoms with Crippen molar-refractivity contribution in [2.24, 2.45) is 0 Å². The molecule has 1 atom stereocenters. The van der Waals surface area contributed by atoms with Gasteiger partial charge in [0.25, 0.3) is 11.3 Å². The highest BCUT2D eigenvalue weighted by Gasteiger charge is 2.04. The van der Waals surface area contributed by atoms with E-state index in [1.807, 2.05) is 0 Å². The lowest BCUT2D eigenvalue weighted by molar-refractivity contribution is 0.481. The molecule has 78 valence electrons. The van der Waals surface area contributed by atoms with E-state index < -0.39 is 11.3 Å². The van der Waals surface area contributed by atoms with Crippen molar-refractivity contribution in [3.8, 4) is 5.75 Å². The Morgan fingerprint density at radius 1 is 1.07 bits per heavy atom. The number of aromatic hydroxyl groups is 1. The van der Waals surface area contributed by atoms with E-state index in [1.54, 1.807) is 36.4 Å². The van der Waals surface area contributed by atoms with Crippen molar-refractivity contribution in [1.82, 2.24) is 0 Å². The maximum atomic E-state index is 10.6. The Hall–Kier alpha value is -1.59. The van der Waals surface area contributed by atoms with E-state index in [0.717, 1.165) is 0 Å². The second-order valence-corrected chi connectivity index (χ2v) is 3.73. The van der Waals surface area contributed by atoms with Crippen LogP contribution in [0.2, 0.25) is 0 Å². The van der Waals surface area contributed by atoms with Gasteiger partial charge in [0.1, 0.15) is 5.75 Å². The number of fused-ring (bicyclic) bond motifs is 1. The summed E-state index contributed by atoms with van der Waals surface area (Å²) >= 11 is -2.11. The monoisotopic (exact) mass is 223 g/mol. The summed E-state index contributed by atoms with van der Waals surface area (Å²) in [5, 5.41) is 10.9. The Morgan fingerprint density at radius 2 is 1.73 bits per heavy atom. The summed E-state index contributed by atoms with van der Waals surface area (Å²) in [7, 11) is 0. The number of rotatable bonds is 2. The molecular formula is C10H9NO3S. The molecule has 0 aromatic heterocycles. The van der Waals surface area contributed by atoms with Crippen LogP contribution in [0.1, 0.15) is 0 Å². The highest BCUT2D eigenvalue weighted by Crippen LogP contribution is 2.29. The first kappa shape index (κ1) is 9.95.